The zero-order valence-corrected chi connectivity index (χ0v) is 20.0. The van der Waals surface area contributed by atoms with E-state index in [2.05, 4.69) is 11.1 Å². The minimum absolute atomic E-state index is 0.118. The predicted octanol–water partition coefficient (Wildman–Crippen LogP) is 5.72. The highest BCUT2D eigenvalue weighted by Gasteiger charge is 2.30. The van der Waals surface area contributed by atoms with Crippen LogP contribution < -0.4 is 4.74 Å². The first-order valence-corrected chi connectivity index (χ1v) is 11.5. The first-order chi connectivity index (χ1) is 16.9. The Bertz CT molecular complexity index is 1430. The summed E-state index contributed by atoms with van der Waals surface area (Å²) in [5.74, 6) is -0.813. The third-order valence-electron chi connectivity index (χ3n) is 5.10. The summed E-state index contributed by atoms with van der Waals surface area (Å²) in [6, 6.07) is 20.7. The standard InChI is InChI=1S/C26H18ClN3O4S/c1-30-24(31)23(35-26(30)29-20-8-4-7-17(13-20)25(32)33)12-16-9-10-22(21(27)11-16)34-15-19-6-3-2-5-18(19)14-28/h2-13H,15H2,1H3,(H,32,33)/b23-12-,29-26?. The van der Waals surface area contributed by atoms with Crippen LogP contribution in [0.4, 0.5) is 5.69 Å². The summed E-state index contributed by atoms with van der Waals surface area (Å²) in [7, 11) is 1.61. The van der Waals surface area contributed by atoms with E-state index in [1.54, 1.807) is 55.6 Å². The lowest BCUT2D eigenvalue weighted by molar-refractivity contribution is -0.121. The Morgan fingerprint density at radius 1 is 1.20 bits per heavy atom. The number of halogens is 1. The lowest BCUT2D eigenvalue weighted by Gasteiger charge is -2.10. The minimum atomic E-state index is -1.05. The monoisotopic (exact) mass is 503 g/mol. The molecule has 0 aliphatic carbocycles. The Hall–Kier alpha value is -4.06. The van der Waals surface area contributed by atoms with Crippen molar-refractivity contribution in [3.05, 3.63) is 98.9 Å². The summed E-state index contributed by atoms with van der Waals surface area (Å²) in [4.78, 5) is 30.2. The van der Waals surface area contributed by atoms with Gasteiger partial charge in [-0.05, 0) is 59.8 Å². The molecule has 1 fully saturated rings. The zero-order valence-electron chi connectivity index (χ0n) is 18.4. The highest BCUT2D eigenvalue weighted by Crippen LogP contribution is 2.34. The van der Waals surface area contributed by atoms with E-state index in [1.165, 1.54) is 28.8 Å². The van der Waals surface area contributed by atoms with Crippen LogP contribution in [-0.4, -0.2) is 34.1 Å². The summed E-state index contributed by atoms with van der Waals surface area (Å²) < 4.78 is 5.79. The number of nitriles is 1. The maximum atomic E-state index is 12.7. The molecule has 3 aromatic carbocycles. The van der Waals surface area contributed by atoms with Crippen LogP contribution in [0.25, 0.3) is 6.08 Å². The molecule has 0 saturated carbocycles. The van der Waals surface area contributed by atoms with Crippen LogP contribution in [0, 0.1) is 11.3 Å². The number of hydrogen-bond acceptors (Lipinski definition) is 6. The molecule has 1 N–H and O–H groups in total. The molecule has 0 bridgehead atoms. The molecule has 0 radical (unpaired) electrons. The van der Waals surface area contributed by atoms with Gasteiger partial charge in [-0.1, -0.05) is 41.9 Å². The van der Waals surface area contributed by atoms with Crippen molar-refractivity contribution >= 4 is 52.2 Å². The van der Waals surface area contributed by atoms with Gasteiger partial charge in [0, 0.05) is 12.6 Å². The number of hydrogen-bond donors (Lipinski definition) is 1. The molecule has 4 rings (SSSR count). The Kier molecular flexibility index (Phi) is 7.20. The Morgan fingerprint density at radius 2 is 2.00 bits per heavy atom. The van der Waals surface area contributed by atoms with Crippen molar-refractivity contribution in [1.29, 1.82) is 5.26 Å². The summed E-state index contributed by atoms with van der Waals surface area (Å²) in [6.07, 6.45) is 1.71. The van der Waals surface area contributed by atoms with Gasteiger partial charge in [0.2, 0.25) is 0 Å². The Labute approximate surface area is 210 Å². The van der Waals surface area contributed by atoms with Gasteiger partial charge in [-0.2, -0.15) is 5.26 Å². The van der Waals surface area contributed by atoms with E-state index in [0.717, 1.165) is 5.56 Å². The lowest BCUT2D eigenvalue weighted by atomic mass is 10.1. The van der Waals surface area contributed by atoms with Gasteiger partial charge in [-0.3, -0.25) is 9.69 Å². The van der Waals surface area contributed by atoms with E-state index in [-0.39, 0.29) is 18.1 Å². The number of carbonyl (C=O) groups excluding carboxylic acids is 1. The van der Waals surface area contributed by atoms with Gasteiger partial charge in [-0.25, -0.2) is 9.79 Å². The van der Waals surface area contributed by atoms with E-state index in [0.29, 0.717) is 37.7 Å². The Balaban J connectivity index is 1.51. The number of thioether (sulfide) groups is 1. The molecule has 1 amide bonds. The van der Waals surface area contributed by atoms with Crippen LogP contribution in [0.1, 0.15) is 27.0 Å². The molecule has 3 aromatic rings. The number of nitrogens with zero attached hydrogens (tertiary/aromatic N) is 3. The van der Waals surface area contributed by atoms with Gasteiger partial charge in [0.1, 0.15) is 12.4 Å². The summed E-state index contributed by atoms with van der Waals surface area (Å²) >= 11 is 7.59. The van der Waals surface area contributed by atoms with Gasteiger partial charge in [0.15, 0.2) is 5.17 Å². The third kappa shape index (κ3) is 5.54. The highest BCUT2D eigenvalue weighted by molar-refractivity contribution is 8.18. The van der Waals surface area contributed by atoms with Gasteiger partial charge < -0.3 is 9.84 Å². The number of benzene rings is 3. The van der Waals surface area contributed by atoms with Crippen LogP contribution in [0.2, 0.25) is 5.02 Å². The number of aromatic carboxylic acids is 1. The molecule has 35 heavy (non-hydrogen) atoms. The van der Waals surface area contributed by atoms with Crippen LogP contribution in [0.5, 0.6) is 5.75 Å². The number of likely N-dealkylation sites (N-methyl/N-ethyl adjacent to an activating group) is 1. The Morgan fingerprint density at radius 3 is 2.74 bits per heavy atom. The molecular formula is C26H18ClN3O4S. The predicted molar refractivity (Wildman–Crippen MR) is 136 cm³/mol. The molecule has 174 valence electrons. The van der Waals surface area contributed by atoms with Crippen LogP contribution in [0.3, 0.4) is 0 Å². The van der Waals surface area contributed by atoms with E-state index >= 15 is 0 Å². The topological polar surface area (TPSA) is 103 Å². The average molecular weight is 504 g/mol. The van der Waals surface area contributed by atoms with Crippen molar-refractivity contribution in [2.45, 2.75) is 6.61 Å². The lowest BCUT2D eigenvalue weighted by Crippen LogP contribution is -2.23. The number of rotatable bonds is 6. The number of ether oxygens (including phenoxy) is 1. The van der Waals surface area contributed by atoms with E-state index in [4.69, 9.17) is 21.4 Å². The van der Waals surface area contributed by atoms with E-state index < -0.39 is 5.97 Å². The molecule has 0 unspecified atom stereocenters. The molecule has 1 aliphatic heterocycles. The first kappa shape index (κ1) is 24.1. The fourth-order valence-corrected chi connectivity index (χ4v) is 4.49. The molecule has 9 heteroatoms. The first-order valence-electron chi connectivity index (χ1n) is 10.4. The fourth-order valence-electron chi connectivity index (χ4n) is 3.26. The van der Waals surface area contributed by atoms with Gasteiger partial charge >= 0.3 is 5.97 Å². The third-order valence-corrected chi connectivity index (χ3v) is 6.45. The second-order valence-corrected chi connectivity index (χ2v) is 8.89. The fraction of sp³-hybridized carbons (Fsp3) is 0.0769. The molecule has 7 nitrogen and oxygen atoms in total. The molecule has 1 heterocycles. The highest BCUT2D eigenvalue weighted by atomic mass is 35.5. The van der Waals surface area contributed by atoms with Gasteiger partial charge in [0.25, 0.3) is 5.91 Å². The number of amidine groups is 1. The van der Waals surface area contributed by atoms with Crippen LogP contribution in [0.15, 0.2) is 76.6 Å². The SMILES string of the molecule is CN1C(=O)/C(=C/c2ccc(OCc3ccccc3C#N)c(Cl)c2)SC1=Nc1cccc(C(=O)O)c1. The molecule has 0 aromatic heterocycles. The largest absolute Gasteiger partial charge is 0.487 e. The van der Waals surface area contributed by atoms with Gasteiger partial charge in [-0.15, -0.1) is 0 Å². The van der Waals surface area contributed by atoms with Crippen molar-refractivity contribution in [3.63, 3.8) is 0 Å². The quantitative estimate of drug-likeness (QED) is 0.431. The number of aliphatic imine (C=N–C) groups is 1. The maximum Gasteiger partial charge on any atom is 0.335 e. The summed E-state index contributed by atoms with van der Waals surface area (Å²) in [5, 5.41) is 19.2. The van der Waals surface area contributed by atoms with Crippen molar-refractivity contribution < 1.29 is 19.4 Å². The van der Waals surface area contributed by atoms with Crippen LogP contribution in [-0.2, 0) is 11.4 Å². The van der Waals surface area contributed by atoms with Gasteiger partial charge in [0.05, 0.1) is 32.8 Å². The maximum absolute atomic E-state index is 12.7. The number of amides is 1. The van der Waals surface area contributed by atoms with Crippen molar-refractivity contribution in [2.75, 3.05) is 7.05 Å². The average Bonchev–Trinajstić information content (AvgIpc) is 3.11. The van der Waals surface area contributed by atoms with Crippen molar-refractivity contribution in [2.24, 2.45) is 4.99 Å². The second kappa shape index (κ2) is 10.5. The van der Waals surface area contributed by atoms with Crippen LogP contribution >= 0.6 is 23.4 Å². The van der Waals surface area contributed by atoms with E-state index in [1.807, 2.05) is 12.1 Å². The molecule has 0 atom stereocenters. The molecular weight excluding hydrogens is 486 g/mol. The molecule has 1 aliphatic rings. The minimum Gasteiger partial charge on any atom is -0.487 e. The zero-order chi connectivity index (χ0) is 24.9. The normalized spacial score (nSPS) is 15.5. The molecule has 1 saturated heterocycles. The van der Waals surface area contributed by atoms with Crippen molar-refractivity contribution in [3.8, 4) is 11.8 Å². The summed E-state index contributed by atoms with van der Waals surface area (Å²) in [5.41, 5.74) is 2.56. The summed E-state index contributed by atoms with van der Waals surface area (Å²) in [6.45, 7) is 0.200. The number of carboxylic acid groups (broad SMARTS) is 1. The number of carboxylic acids is 1. The smallest absolute Gasteiger partial charge is 0.335 e. The van der Waals surface area contributed by atoms with E-state index in [9.17, 15) is 14.9 Å². The van der Waals surface area contributed by atoms with Crippen molar-refractivity contribution in [1.82, 2.24) is 4.90 Å². The molecule has 0 spiro atoms. The number of carbonyl (C=O) groups is 2. The second-order valence-electron chi connectivity index (χ2n) is 7.47.